The van der Waals surface area contributed by atoms with Crippen LogP contribution >= 0.6 is 11.6 Å². The van der Waals surface area contributed by atoms with Gasteiger partial charge in [-0.05, 0) is 83.8 Å². The largest absolute Gasteiger partial charge is 0.494 e. The number of anilines is 1. The van der Waals surface area contributed by atoms with E-state index in [0.717, 1.165) is 21.7 Å². The van der Waals surface area contributed by atoms with Gasteiger partial charge in [0, 0.05) is 30.3 Å². The van der Waals surface area contributed by atoms with Crippen molar-refractivity contribution in [2.24, 2.45) is 0 Å². The highest BCUT2D eigenvalue weighted by molar-refractivity contribution is 6.62. The Morgan fingerprint density at radius 1 is 1.09 bits per heavy atom. The van der Waals surface area contributed by atoms with Crippen molar-refractivity contribution in [3.63, 3.8) is 0 Å². The van der Waals surface area contributed by atoms with Crippen LogP contribution in [0.5, 0.6) is 0 Å². The Labute approximate surface area is 209 Å². The second kappa shape index (κ2) is 9.90. The van der Waals surface area contributed by atoms with E-state index in [9.17, 15) is 4.79 Å². The summed E-state index contributed by atoms with van der Waals surface area (Å²) in [6.07, 6.45) is -0.400. The number of ether oxygens (including phenoxy) is 1. The van der Waals surface area contributed by atoms with Gasteiger partial charge in [0.2, 0.25) is 0 Å². The minimum Gasteiger partial charge on any atom is -0.443 e. The van der Waals surface area contributed by atoms with E-state index in [1.165, 1.54) is 4.90 Å². The van der Waals surface area contributed by atoms with Crippen molar-refractivity contribution in [3.8, 4) is 0 Å². The molecule has 2 aromatic rings. The molecule has 0 bridgehead atoms. The van der Waals surface area contributed by atoms with Crippen molar-refractivity contribution in [3.05, 3.63) is 59.1 Å². The molecule has 34 heavy (non-hydrogen) atoms. The molecular formula is C26H36BClN2O4. The zero-order valence-corrected chi connectivity index (χ0v) is 22.2. The summed E-state index contributed by atoms with van der Waals surface area (Å²) in [7, 11) is 1.19. The Balaban J connectivity index is 1.66. The van der Waals surface area contributed by atoms with Gasteiger partial charge in [-0.3, -0.25) is 4.90 Å². The van der Waals surface area contributed by atoms with Crippen LogP contribution in [0.2, 0.25) is 5.02 Å². The molecule has 1 fully saturated rings. The molecule has 1 N–H and O–H groups in total. The van der Waals surface area contributed by atoms with Gasteiger partial charge in [-0.15, -0.1) is 0 Å². The first-order chi connectivity index (χ1) is 15.7. The Hall–Kier alpha value is -2.06. The molecule has 1 saturated heterocycles. The van der Waals surface area contributed by atoms with Crippen molar-refractivity contribution in [1.82, 2.24) is 5.32 Å². The van der Waals surface area contributed by atoms with Crippen molar-refractivity contribution in [2.75, 3.05) is 18.5 Å². The zero-order valence-electron chi connectivity index (χ0n) is 21.4. The highest BCUT2D eigenvalue weighted by Gasteiger charge is 2.54. The molecule has 1 unspecified atom stereocenters. The summed E-state index contributed by atoms with van der Waals surface area (Å²) >= 11 is 6.02. The summed E-state index contributed by atoms with van der Waals surface area (Å²) in [4.78, 5) is 13.8. The lowest BCUT2D eigenvalue weighted by Gasteiger charge is -2.37. The lowest BCUT2D eigenvalue weighted by Crippen LogP contribution is -2.52. The van der Waals surface area contributed by atoms with E-state index in [4.69, 9.17) is 25.6 Å². The highest BCUT2D eigenvalue weighted by atomic mass is 35.5. The van der Waals surface area contributed by atoms with E-state index >= 15 is 0 Å². The maximum atomic E-state index is 12.4. The van der Waals surface area contributed by atoms with Crippen LogP contribution in [-0.4, -0.2) is 43.6 Å². The number of hydrogen-bond donors (Lipinski definition) is 1. The molecule has 1 amide bonds. The number of amides is 1. The second-order valence-corrected chi connectivity index (χ2v) is 11.0. The average molecular weight is 487 g/mol. The van der Waals surface area contributed by atoms with Crippen molar-refractivity contribution >= 4 is 36.0 Å². The van der Waals surface area contributed by atoms with E-state index in [1.54, 1.807) is 7.05 Å². The fraction of sp³-hybridized carbons (Fsp3) is 0.500. The molecular weight excluding hydrogens is 451 g/mol. The monoisotopic (exact) mass is 486 g/mol. The maximum absolute atomic E-state index is 12.4. The van der Waals surface area contributed by atoms with Crippen LogP contribution in [0.15, 0.2) is 48.5 Å². The minimum atomic E-state index is -0.551. The van der Waals surface area contributed by atoms with Gasteiger partial charge in [0.05, 0.1) is 11.2 Å². The van der Waals surface area contributed by atoms with Crippen LogP contribution in [-0.2, 0) is 14.0 Å². The van der Waals surface area contributed by atoms with Crippen molar-refractivity contribution < 1.29 is 18.8 Å². The van der Waals surface area contributed by atoms with Gasteiger partial charge in [0.1, 0.15) is 5.60 Å². The Morgan fingerprint density at radius 3 is 2.24 bits per heavy atom. The summed E-state index contributed by atoms with van der Waals surface area (Å²) in [5.41, 5.74) is 1.17. The van der Waals surface area contributed by atoms with Crippen LogP contribution < -0.4 is 15.7 Å². The summed E-state index contributed by atoms with van der Waals surface area (Å²) in [5, 5.41) is 4.30. The molecule has 1 aliphatic rings. The van der Waals surface area contributed by atoms with E-state index in [0.29, 0.717) is 6.54 Å². The highest BCUT2D eigenvalue weighted by Crippen LogP contribution is 2.37. The van der Waals surface area contributed by atoms with Gasteiger partial charge in [0.15, 0.2) is 0 Å². The lowest BCUT2D eigenvalue weighted by molar-refractivity contribution is -0.00967. The summed E-state index contributed by atoms with van der Waals surface area (Å²) in [5.74, 6) is 0. The van der Waals surface area contributed by atoms with Gasteiger partial charge in [-0.2, -0.15) is 0 Å². The fourth-order valence-electron chi connectivity index (χ4n) is 3.69. The first-order valence-corrected chi connectivity index (χ1v) is 12.0. The van der Waals surface area contributed by atoms with Gasteiger partial charge in [0.25, 0.3) is 0 Å². The number of carbonyl (C=O) groups excluding carboxylic acids is 1. The number of nitrogens with zero attached hydrogens (tertiary/aromatic N) is 1. The van der Waals surface area contributed by atoms with Crippen molar-refractivity contribution in [2.45, 2.75) is 71.3 Å². The molecule has 0 saturated carbocycles. The number of nitrogens with one attached hydrogen (secondary N) is 1. The summed E-state index contributed by atoms with van der Waals surface area (Å²) in [6, 6.07) is 15.6. The zero-order chi connectivity index (χ0) is 25.3. The van der Waals surface area contributed by atoms with Crippen LogP contribution in [0, 0.1) is 0 Å². The number of benzene rings is 2. The molecule has 3 rings (SSSR count). The third-order valence-corrected chi connectivity index (χ3v) is 6.63. The van der Waals surface area contributed by atoms with Gasteiger partial charge in [-0.25, -0.2) is 4.79 Å². The molecule has 1 heterocycles. The predicted molar refractivity (Wildman–Crippen MR) is 139 cm³/mol. The van der Waals surface area contributed by atoms with E-state index in [2.05, 4.69) is 19.2 Å². The van der Waals surface area contributed by atoms with E-state index < -0.39 is 30.0 Å². The van der Waals surface area contributed by atoms with Gasteiger partial charge >= 0.3 is 13.2 Å². The van der Waals surface area contributed by atoms with E-state index in [1.807, 2.05) is 83.1 Å². The molecule has 1 aliphatic heterocycles. The Bertz CT molecular complexity index is 991. The molecule has 6 nitrogen and oxygen atoms in total. The van der Waals surface area contributed by atoms with Gasteiger partial charge in [-0.1, -0.05) is 35.9 Å². The predicted octanol–water partition coefficient (Wildman–Crippen LogP) is 5.34. The lowest BCUT2D eigenvalue weighted by atomic mass is 9.79. The third-order valence-electron chi connectivity index (χ3n) is 6.38. The number of halogens is 1. The number of carbonyl (C=O) groups is 1. The standard InChI is InChI=1S/C26H36BClN2O4/c1-18(19-9-13-21(28)14-10-19)29-17-26(7)25(5,6)33-27(34-26)20-11-15-22(16-12-20)30(8)23(31)32-24(2,3)4/h9-16,18,29H,17H2,1-8H3/t18-,26?/m0/s1. The average Bonchev–Trinajstić information content (AvgIpc) is 3.00. The van der Waals surface area contributed by atoms with Gasteiger partial charge < -0.3 is 19.4 Å². The number of hydrogen-bond acceptors (Lipinski definition) is 5. The molecule has 0 radical (unpaired) electrons. The van der Waals surface area contributed by atoms with Crippen LogP contribution in [0.25, 0.3) is 0 Å². The van der Waals surface area contributed by atoms with E-state index in [-0.39, 0.29) is 6.04 Å². The molecule has 0 spiro atoms. The molecule has 8 heteroatoms. The smallest absolute Gasteiger partial charge is 0.443 e. The molecule has 2 atom stereocenters. The fourth-order valence-corrected chi connectivity index (χ4v) is 3.82. The minimum absolute atomic E-state index is 0.134. The first-order valence-electron chi connectivity index (χ1n) is 11.6. The van der Waals surface area contributed by atoms with Crippen LogP contribution in [0.3, 0.4) is 0 Å². The topological polar surface area (TPSA) is 60.0 Å². The first kappa shape index (κ1) is 26.5. The van der Waals surface area contributed by atoms with Crippen LogP contribution in [0.1, 0.15) is 60.1 Å². The summed E-state index contributed by atoms with van der Waals surface area (Å²) < 4.78 is 18.2. The normalized spacial score (nSPS) is 20.8. The molecule has 184 valence electrons. The molecule has 0 aliphatic carbocycles. The SMILES string of the molecule is C[C@H](NCC1(C)OB(c2ccc(N(C)C(=O)OC(C)(C)C)cc2)OC1(C)C)c1ccc(Cl)cc1. The van der Waals surface area contributed by atoms with Crippen LogP contribution in [0.4, 0.5) is 10.5 Å². The Kier molecular flexibility index (Phi) is 7.73. The summed E-state index contributed by atoms with van der Waals surface area (Å²) in [6.45, 7) is 14.4. The third kappa shape index (κ3) is 6.14. The second-order valence-electron chi connectivity index (χ2n) is 10.6. The quantitative estimate of drug-likeness (QED) is 0.558. The van der Waals surface area contributed by atoms with Crippen molar-refractivity contribution in [1.29, 1.82) is 0 Å². The number of rotatable bonds is 6. The Morgan fingerprint density at radius 2 is 1.68 bits per heavy atom. The maximum Gasteiger partial charge on any atom is 0.494 e. The molecule has 2 aromatic carbocycles. The molecule has 0 aromatic heterocycles.